The second-order valence-electron chi connectivity index (χ2n) is 6.44. The van der Waals surface area contributed by atoms with Crippen LogP contribution in [-0.2, 0) is 0 Å². The fraction of sp³-hybridized carbons (Fsp3) is 0.647. The van der Waals surface area contributed by atoms with E-state index in [1.54, 1.807) is 5.56 Å². The van der Waals surface area contributed by atoms with Gasteiger partial charge >= 0.3 is 0 Å². The van der Waals surface area contributed by atoms with Crippen LogP contribution in [0.1, 0.15) is 48.9 Å². The summed E-state index contributed by atoms with van der Waals surface area (Å²) in [6, 6.07) is 5.29. The van der Waals surface area contributed by atoms with Crippen molar-refractivity contribution in [1.82, 2.24) is 4.90 Å². The summed E-state index contributed by atoms with van der Waals surface area (Å²) in [5, 5.41) is 3.64. The summed E-state index contributed by atoms with van der Waals surface area (Å²) in [5.74, 6) is 0.701. The first kappa shape index (κ1) is 13.0. The summed E-state index contributed by atoms with van der Waals surface area (Å²) < 4.78 is 0. The van der Waals surface area contributed by atoms with Gasteiger partial charge in [-0.2, -0.15) is 0 Å². The summed E-state index contributed by atoms with van der Waals surface area (Å²) in [4.78, 5) is 2.73. The number of benzene rings is 1. The van der Waals surface area contributed by atoms with Gasteiger partial charge in [-0.25, -0.2) is 0 Å². The van der Waals surface area contributed by atoms with Crippen molar-refractivity contribution < 1.29 is 0 Å². The third kappa shape index (κ3) is 2.38. The van der Waals surface area contributed by atoms with Crippen LogP contribution in [0.15, 0.2) is 12.1 Å². The summed E-state index contributed by atoms with van der Waals surface area (Å²) in [5.41, 5.74) is 5.78. The maximum absolute atomic E-state index is 3.64. The Labute approximate surface area is 117 Å². The number of anilines is 1. The molecule has 2 atom stereocenters. The summed E-state index contributed by atoms with van der Waals surface area (Å²) >= 11 is 0. The van der Waals surface area contributed by atoms with Gasteiger partial charge in [0.2, 0.25) is 0 Å². The largest absolute Gasteiger partial charge is 0.384 e. The van der Waals surface area contributed by atoms with Gasteiger partial charge in [0.1, 0.15) is 0 Å². The average Bonchev–Trinajstić information content (AvgIpc) is 2.40. The standard InChI is InChI=1S/C17H26N2/c1-12-9-13(2)16-15(10-12)18-11-14(3)17(16)19-7-5-4-6-8-19/h9-10,14,17-18H,4-8,11H2,1-3H3. The molecular weight excluding hydrogens is 232 g/mol. The summed E-state index contributed by atoms with van der Waals surface area (Å²) in [6.07, 6.45) is 4.16. The van der Waals surface area contributed by atoms with Crippen LogP contribution in [0.25, 0.3) is 0 Å². The smallest absolute Gasteiger partial charge is 0.0413 e. The van der Waals surface area contributed by atoms with E-state index in [4.69, 9.17) is 0 Å². The predicted octanol–water partition coefficient (Wildman–Crippen LogP) is 3.89. The highest BCUT2D eigenvalue weighted by Crippen LogP contribution is 2.41. The molecule has 1 aromatic carbocycles. The molecule has 2 heteroatoms. The Bertz CT molecular complexity index is 461. The van der Waals surface area contributed by atoms with E-state index in [0.717, 1.165) is 6.54 Å². The SMILES string of the molecule is Cc1cc(C)c2c(c1)NCC(C)C2N1CCCCC1. The number of aryl methyl sites for hydroxylation is 2. The van der Waals surface area contributed by atoms with Crippen molar-refractivity contribution in [2.45, 2.75) is 46.1 Å². The Morgan fingerprint density at radius 1 is 1.11 bits per heavy atom. The maximum Gasteiger partial charge on any atom is 0.0413 e. The van der Waals surface area contributed by atoms with Crippen LogP contribution in [0.4, 0.5) is 5.69 Å². The molecule has 104 valence electrons. The van der Waals surface area contributed by atoms with Crippen molar-refractivity contribution in [3.63, 3.8) is 0 Å². The molecule has 0 spiro atoms. The van der Waals surface area contributed by atoms with Gasteiger partial charge < -0.3 is 5.32 Å². The Morgan fingerprint density at radius 2 is 1.84 bits per heavy atom. The highest BCUT2D eigenvalue weighted by molar-refractivity contribution is 5.60. The lowest BCUT2D eigenvalue weighted by Gasteiger charge is -2.43. The van der Waals surface area contributed by atoms with Gasteiger partial charge in [0, 0.05) is 18.3 Å². The van der Waals surface area contributed by atoms with Gasteiger partial charge in [0.25, 0.3) is 0 Å². The molecule has 1 aromatic rings. The van der Waals surface area contributed by atoms with E-state index < -0.39 is 0 Å². The monoisotopic (exact) mass is 258 g/mol. The number of hydrogen-bond donors (Lipinski definition) is 1. The Kier molecular flexibility index (Phi) is 3.53. The molecule has 2 aliphatic rings. The Hall–Kier alpha value is -1.02. The molecular formula is C17H26N2. The second kappa shape index (κ2) is 5.16. The molecule has 0 radical (unpaired) electrons. The Morgan fingerprint density at radius 3 is 2.58 bits per heavy atom. The molecule has 0 bridgehead atoms. The number of nitrogens with one attached hydrogen (secondary N) is 1. The van der Waals surface area contributed by atoms with E-state index in [2.05, 4.69) is 43.1 Å². The van der Waals surface area contributed by atoms with E-state index >= 15 is 0 Å². The zero-order chi connectivity index (χ0) is 13.4. The van der Waals surface area contributed by atoms with E-state index in [9.17, 15) is 0 Å². The van der Waals surface area contributed by atoms with E-state index in [1.807, 2.05) is 0 Å². The quantitative estimate of drug-likeness (QED) is 0.822. The van der Waals surface area contributed by atoms with Crippen LogP contribution < -0.4 is 5.32 Å². The predicted molar refractivity (Wildman–Crippen MR) is 81.7 cm³/mol. The molecule has 2 nitrogen and oxygen atoms in total. The fourth-order valence-electron chi connectivity index (χ4n) is 3.92. The molecule has 0 aliphatic carbocycles. The molecule has 2 unspecified atom stereocenters. The van der Waals surface area contributed by atoms with Crippen molar-refractivity contribution in [2.75, 3.05) is 25.0 Å². The van der Waals surface area contributed by atoms with Crippen LogP contribution in [-0.4, -0.2) is 24.5 Å². The van der Waals surface area contributed by atoms with E-state index in [0.29, 0.717) is 12.0 Å². The van der Waals surface area contributed by atoms with Crippen molar-refractivity contribution in [3.8, 4) is 0 Å². The molecule has 0 aromatic heterocycles. The van der Waals surface area contributed by atoms with Crippen molar-refractivity contribution in [1.29, 1.82) is 0 Å². The molecule has 3 rings (SSSR count). The minimum atomic E-state index is 0.622. The molecule has 0 saturated carbocycles. The van der Waals surface area contributed by atoms with Crippen LogP contribution in [0.5, 0.6) is 0 Å². The lowest BCUT2D eigenvalue weighted by atomic mass is 9.84. The van der Waals surface area contributed by atoms with Gasteiger partial charge in [-0.15, -0.1) is 0 Å². The molecule has 1 fully saturated rings. The first-order chi connectivity index (χ1) is 9.16. The molecule has 0 amide bonds. The number of fused-ring (bicyclic) bond motifs is 1. The molecule has 2 heterocycles. The van der Waals surface area contributed by atoms with Gasteiger partial charge in [-0.05, 0) is 68.5 Å². The second-order valence-corrected chi connectivity index (χ2v) is 6.44. The summed E-state index contributed by atoms with van der Waals surface area (Å²) in [6.45, 7) is 10.5. The topological polar surface area (TPSA) is 15.3 Å². The highest BCUT2D eigenvalue weighted by atomic mass is 15.2. The first-order valence-electron chi connectivity index (χ1n) is 7.76. The normalized spacial score (nSPS) is 27.7. The number of likely N-dealkylation sites (tertiary alicyclic amines) is 1. The number of nitrogens with zero attached hydrogens (tertiary/aromatic N) is 1. The summed E-state index contributed by atoms with van der Waals surface area (Å²) in [7, 11) is 0. The molecule has 2 aliphatic heterocycles. The highest BCUT2D eigenvalue weighted by Gasteiger charge is 2.33. The minimum absolute atomic E-state index is 0.622. The molecule has 1 saturated heterocycles. The van der Waals surface area contributed by atoms with Crippen LogP contribution >= 0.6 is 0 Å². The molecule has 1 N–H and O–H groups in total. The third-order valence-electron chi connectivity index (χ3n) is 4.76. The maximum atomic E-state index is 3.64. The number of hydrogen-bond acceptors (Lipinski definition) is 2. The van der Waals surface area contributed by atoms with E-state index in [-0.39, 0.29) is 0 Å². The zero-order valence-corrected chi connectivity index (χ0v) is 12.5. The fourth-order valence-corrected chi connectivity index (χ4v) is 3.92. The molecule has 19 heavy (non-hydrogen) atoms. The van der Waals surface area contributed by atoms with Gasteiger partial charge in [-0.1, -0.05) is 19.4 Å². The van der Waals surface area contributed by atoms with Crippen LogP contribution in [0.3, 0.4) is 0 Å². The van der Waals surface area contributed by atoms with Gasteiger partial charge in [0.05, 0.1) is 0 Å². The van der Waals surface area contributed by atoms with Gasteiger partial charge in [-0.3, -0.25) is 4.90 Å². The Balaban J connectivity index is 2.00. The minimum Gasteiger partial charge on any atom is -0.384 e. The third-order valence-corrected chi connectivity index (χ3v) is 4.76. The van der Waals surface area contributed by atoms with Crippen molar-refractivity contribution in [2.24, 2.45) is 5.92 Å². The van der Waals surface area contributed by atoms with Gasteiger partial charge in [0.15, 0.2) is 0 Å². The number of piperidine rings is 1. The van der Waals surface area contributed by atoms with Crippen LogP contribution in [0.2, 0.25) is 0 Å². The average molecular weight is 258 g/mol. The zero-order valence-electron chi connectivity index (χ0n) is 12.5. The first-order valence-corrected chi connectivity index (χ1v) is 7.76. The van der Waals surface area contributed by atoms with Crippen molar-refractivity contribution >= 4 is 5.69 Å². The van der Waals surface area contributed by atoms with E-state index in [1.165, 1.54) is 49.2 Å². The van der Waals surface area contributed by atoms with Crippen molar-refractivity contribution in [3.05, 3.63) is 28.8 Å². The lowest BCUT2D eigenvalue weighted by Crippen LogP contribution is -2.41. The number of rotatable bonds is 1. The van der Waals surface area contributed by atoms with Crippen LogP contribution in [0, 0.1) is 19.8 Å². The lowest BCUT2D eigenvalue weighted by molar-refractivity contribution is 0.123.